The van der Waals surface area contributed by atoms with Crippen molar-refractivity contribution in [3.63, 3.8) is 0 Å². The maximum absolute atomic E-state index is 12.6. The fraction of sp³-hybridized carbons (Fsp3) is 0.261. The minimum atomic E-state index is -1.04. The summed E-state index contributed by atoms with van der Waals surface area (Å²) in [5, 5.41) is 7.39. The van der Waals surface area contributed by atoms with E-state index in [0.29, 0.717) is 5.69 Å². The molecular formula is C23H24N2O5. The van der Waals surface area contributed by atoms with Crippen molar-refractivity contribution in [1.82, 2.24) is 5.32 Å². The van der Waals surface area contributed by atoms with Gasteiger partial charge in [0.25, 0.3) is 11.8 Å². The molecule has 2 atom stereocenters. The number of benzene rings is 2. The summed E-state index contributed by atoms with van der Waals surface area (Å²) in [6.07, 6.45) is 0.335. The molecular weight excluding hydrogens is 384 g/mol. The molecule has 0 spiro atoms. The van der Waals surface area contributed by atoms with Crippen molar-refractivity contribution in [2.45, 2.75) is 32.9 Å². The van der Waals surface area contributed by atoms with E-state index in [4.69, 9.17) is 9.15 Å². The van der Waals surface area contributed by atoms with E-state index in [0.717, 1.165) is 10.8 Å². The molecule has 156 valence electrons. The third-order valence-electron chi connectivity index (χ3n) is 4.63. The highest BCUT2D eigenvalue weighted by Gasteiger charge is 2.29. The fourth-order valence-corrected chi connectivity index (χ4v) is 2.93. The molecule has 0 aliphatic rings. The van der Waals surface area contributed by atoms with E-state index in [1.807, 2.05) is 36.4 Å². The molecule has 2 amide bonds. The normalized spacial score (nSPS) is 12.9. The first-order valence-corrected chi connectivity index (χ1v) is 9.69. The number of esters is 1. The number of carbonyl (C=O) groups excluding carboxylic acids is 3. The van der Waals surface area contributed by atoms with Gasteiger partial charge in [0.15, 0.2) is 11.9 Å². The van der Waals surface area contributed by atoms with Crippen LogP contribution in [-0.2, 0) is 14.3 Å². The molecule has 7 nitrogen and oxygen atoms in total. The minimum Gasteiger partial charge on any atom is -0.459 e. The van der Waals surface area contributed by atoms with Gasteiger partial charge in [-0.2, -0.15) is 0 Å². The summed E-state index contributed by atoms with van der Waals surface area (Å²) in [6.45, 7) is 5.03. The molecule has 0 fully saturated rings. The maximum Gasteiger partial charge on any atom is 0.329 e. The maximum atomic E-state index is 12.6. The second-order valence-corrected chi connectivity index (χ2v) is 7.30. The van der Waals surface area contributed by atoms with Gasteiger partial charge in [-0.15, -0.1) is 0 Å². The van der Waals surface area contributed by atoms with Crippen LogP contribution >= 0.6 is 0 Å². The summed E-state index contributed by atoms with van der Waals surface area (Å²) in [6, 6.07) is 15.5. The number of furan rings is 1. The Morgan fingerprint density at radius 3 is 2.33 bits per heavy atom. The summed E-state index contributed by atoms with van der Waals surface area (Å²) in [4.78, 5) is 37.3. The Morgan fingerprint density at radius 2 is 1.67 bits per heavy atom. The summed E-state index contributed by atoms with van der Waals surface area (Å²) in [5.74, 6) is -1.82. The third kappa shape index (κ3) is 5.05. The van der Waals surface area contributed by atoms with Gasteiger partial charge in [-0.3, -0.25) is 9.59 Å². The van der Waals surface area contributed by atoms with Crippen LogP contribution < -0.4 is 10.6 Å². The van der Waals surface area contributed by atoms with Gasteiger partial charge in [-0.25, -0.2) is 4.79 Å². The molecule has 1 heterocycles. The van der Waals surface area contributed by atoms with E-state index in [9.17, 15) is 14.4 Å². The predicted molar refractivity (Wildman–Crippen MR) is 113 cm³/mol. The van der Waals surface area contributed by atoms with Crippen LogP contribution in [0.4, 0.5) is 5.69 Å². The summed E-state index contributed by atoms with van der Waals surface area (Å²) in [5.41, 5.74) is 0.605. The van der Waals surface area contributed by atoms with Crippen molar-refractivity contribution in [2.24, 2.45) is 5.92 Å². The van der Waals surface area contributed by atoms with Crippen LogP contribution in [0, 0.1) is 5.92 Å². The van der Waals surface area contributed by atoms with Crippen LogP contribution in [0.2, 0.25) is 0 Å². The largest absolute Gasteiger partial charge is 0.459 e. The van der Waals surface area contributed by atoms with E-state index in [1.165, 1.54) is 19.3 Å². The van der Waals surface area contributed by atoms with Crippen LogP contribution in [0.3, 0.4) is 0 Å². The second-order valence-electron chi connectivity index (χ2n) is 7.30. The zero-order valence-electron chi connectivity index (χ0n) is 17.0. The first kappa shape index (κ1) is 21.1. The first-order chi connectivity index (χ1) is 14.3. The molecule has 0 radical (unpaired) electrons. The number of fused-ring (bicyclic) bond motifs is 1. The van der Waals surface area contributed by atoms with Gasteiger partial charge in [0.05, 0.1) is 6.26 Å². The van der Waals surface area contributed by atoms with Gasteiger partial charge in [-0.1, -0.05) is 44.2 Å². The molecule has 3 rings (SSSR count). The number of hydrogen-bond acceptors (Lipinski definition) is 5. The van der Waals surface area contributed by atoms with Crippen molar-refractivity contribution in [3.8, 4) is 0 Å². The number of rotatable bonds is 7. The Labute approximate surface area is 174 Å². The molecule has 3 aromatic rings. The van der Waals surface area contributed by atoms with Gasteiger partial charge >= 0.3 is 5.97 Å². The molecule has 0 unspecified atom stereocenters. The molecule has 0 saturated heterocycles. The van der Waals surface area contributed by atoms with Crippen molar-refractivity contribution >= 4 is 34.2 Å². The average molecular weight is 408 g/mol. The summed E-state index contributed by atoms with van der Waals surface area (Å²) < 4.78 is 10.4. The van der Waals surface area contributed by atoms with Gasteiger partial charge in [0, 0.05) is 5.69 Å². The highest BCUT2D eigenvalue weighted by atomic mass is 16.5. The topological polar surface area (TPSA) is 97.6 Å². The van der Waals surface area contributed by atoms with E-state index in [-0.39, 0.29) is 11.7 Å². The standard InChI is InChI=1S/C23H24N2O5/c1-14(2)20(25-22(27)19-9-6-12-29-19)23(28)30-15(3)21(26)24-18-11-10-16-7-4-5-8-17(16)13-18/h4-15,20H,1-3H3,(H,24,26)(H,25,27)/t15-,20-/m0/s1. The third-order valence-corrected chi connectivity index (χ3v) is 4.63. The quantitative estimate of drug-likeness (QED) is 0.580. The van der Waals surface area contributed by atoms with Crippen LogP contribution in [0.5, 0.6) is 0 Å². The summed E-state index contributed by atoms with van der Waals surface area (Å²) in [7, 11) is 0. The Balaban J connectivity index is 1.61. The Kier molecular flexibility index (Phi) is 6.51. The van der Waals surface area contributed by atoms with Crippen LogP contribution in [0.15, 0.2) is 65.3 Å². The van der Waals surface area contributed by atoms with E-state index in [1.54, 1.807) is 26.0 Å². The Morgan fingerprint density at radius 1 is 0.933 bits per heavy atom. The minimum absolute atomic E-state index is 0.0931. The number of carbonyl (C=O) groups is 3. The molecule has 0 bridgehead atoms. The Hall–Kier alpha value is -3.61. The summed E-state index contributed by atoms with van der Waals surface area (Å²) >= 11 is 0. The van der Waals surface area contributed by atoms with Crippen molar-refractivity contribution in [3.05, 3.63) is 66.6 Å². The average Bonchev–Trinajstić information content (AvgIpc) is 3.26. The van der Waals surface area contributed by atoms with Gasteiger partial charge in [-0.05, 0) is 47.9 Å². The second kappa shape index (κ2) is 9.26. The molecule has 30 heavy (non-hydrogen) atoms. The van der Waals surface area contributed by atoms with Gasteiger partial charge in [0.1, 0.15) is 6.04 Å². The van der Waals surface area contributed by atoms with Gasteiger partial charge < -0.3 is 19.8 Å². The highest BCUT2D eigenvalue weighted by molar-refractivity contribution is 5.98. The zero-order chi connectivity index (χ0) is 21.7. The predicted octanol–water partition coefficient (Wildman–Crippen LogP) is 3.76. The highest BCUT2D eigenvalue weighted by Crippen LogP contribution is 2.19. The van der Waals surface area contributed by atoms with Crippen molar-refractivity contribution in [2.75, 3.05) is 5.32 Å². The van der Waals surface area contributed by atoms with Gasteiger partial charge in [0.2, 0.25) is 0 Å². The molecule has 2 N–H and O–H groups in total. The molecule has 0 aliphatic carbocycles. The molecule has 0 saturated carbocycles. The molecule has 1 aromatic heterocycles. The number of amides is 2. The number of nitrogens with one attached hydrogen (secondary N) is 2. The van der Waals surface area contributed by atoms with Crippen molar-refractivity contribution in [1.29, 1.82) is 0 Å². The first-order valence-electron chi connectivity index (χ1n) is 9.69. The lowest BCUT2D eigenvalue weighted by molar-refractivity contribution is -0.156. The van der Waals surface area contributed by atoms with E-state index < -0.39 is 29.9 Å². The van der Waals surface area contributed by atoms with E-state index >= 15 is 0 Å². The number of hydrogen-bond donors (Lipinski definition) is 2. The number of anilines is 1. The van der Waals surface area contributed by atoms with Crippen LogP contribution in [-0.4, -0.2) is 29.9 Å². The lowest BCUT2D eigenvalue weighted by Crippen LogP contribution is -2.47. The van der Waals surface area contributed by atoms with Crippen molar-refractivity contribution < 1.29 is 23.5 Å². The monoisotopic (exact) mass is 408 g/mol. The van der Waals surface area contributed by atoms with E-state index in [2.05, 4.69) is 10.6 Å². The van der Waals surface area contributed by atoms with Crippen LogP contribution in [0.1, 0.15) is 31.3 Å². The molecule has 0 aliphatic heterocycles. The fourth-order valence-electron chi connectivity index (χ4n) is 2.93. The zero-order valence-corrected chi connectivity index (χ0v) is 17.0. The number of ether oxygens (including phenoxy) is 1. The lowest BCUT2D eigenvalue weighted by atomic mass is 10.0. The Bertz CT molecular complexity index is 1040. The molecule has 2 aromatic carbocycles. The van der Waals surface area contributed by atoms with Crippen LogP contribution in [0.25, 0.3) is 10.8 Å². The molecule has 7 heteroatoms. The SMILES string of the molecule is CC(C)[C@H](NC(=O)c1ccco1)C(=O)O[C@@H](C)C(=O)Nc1ccc2ccccc2c1. The smallest absolute Gasteiger partial charge is 0.329 e. The lowest BCUT2D eigenvalue weighted by Gasteiger charge is -2.22.